The summed E-state index contributed by atoms with van der Waals surface area (Å²) < 4.78 is 10.5. The molecule has 1 heterocycles. The van der Waals surface area contributed by atoms with Crippen LogP contribution in [0.3, 0.4) is 0 Å². The molecule has 0 aromatic heterocycles. The number of ether oxygens (including phenoxy) is 2. The fraction of sp³-hybridized carbons (Fsp3) is 0.188. The molecule has 0 amide bonds. The van der Waals surface area contributed by atoms with Crippen LogP contribution in [0.15, 0.2) is 48.5 Å². The maximum atomic E-state index is 12.0. The zero-order valence-electron chi connectivity index (χ0n) is 10.8. The number of carbonyl (C=O) groups excluding carboxylic acids is 1. The Labute approximate surface area is 116 Å². The van der Waals surface area contributed by atoms with Gasteiger partial charge in [0, 0.05) is 12.0 Å². The Balaban J connectivity index is 1.73. The normalized spacial score (nSPS) is 14.1. The van der Waals surface area contributed by atoms with E-state index in [1.54, 1.807) is 42.5 Å². The van der Waals surface area contributed by atoms with Gasteiger partial charge in [0.1, 0.15) is 0 Å². The molecule has 4 heteroatoms. The highest BCUT2D eigenvalue weighted by Gasteiger charge is 2.19. The van der Waals surface area contributed by atoms with Gasteiger partial charge in [-0.25, -0.2) is 0 Å². The van der Waals surface area contributed by atoms with Gasteiger partial charge in [-0.1, -0.05) is 36.4 Å². The average Bonchev–Trinajstić information content (AvgIpc) is 2.95. The van der Waals surface area contributed by atoms with Crippen LogP contribution in [-0.2, 0) is 0 Å². The molecule has 102 valence electrons. The number of rotatable bonds is 4. The summed E-state index contributed by atoms with van der Waals surface area (Å²) in [6, 6.07) is 14.2. The van der Waals surface area contributed by atoms with Crippen molar-refractivity contribution in [1.82, 2.24) is 0 Å². The molecule has 1 aliphatic rings. The van der Waals surface area contributed by atoms with Crippen LogP contribution in [0.2, 0.25) is 0 Å². The Morgan fingerprint density at radius 1 is 1.10 bits per heavy atom. The zero-order chi connectivity index (χ0) is 13.9. The Bertz CT molecular complexity index is 622. The first-order chi connectivity index (χ1) is 9.74. The summed E-state index contributed by atoms with van der Waals surface area (Å²) in [6.45, 7) is 0.192. The van der Waals surface area contributed by atoms with Crippen molar-refractivity contribution in [3.8, 4) is 11.5 Å². The van der Waals surface area contributed by atoms with E-state index in [2.05, 4.69) is 0 Å². The van der Waals surface area contributed by atoms with Crippen LogP contribution in [0.25, 0.3) is 0 Å². The molecule has 1 atom stereocenters. The van der Waals surface area contributed by atoms with Gasteiger partial charge in [0.05, 0.1) is 6.10 Å². The first-order valence-corrected chi connectivity index (χ1v) is 6.40. The predicted octanol–water partition coefficient (Wildman–Crippen LogP) is 2.72. The minimum atomic E-state index is -0.850. The second-order valence-corrected chi connectivity index (χ2v) is 4.62. The van der Waals surface area contributed by atoms with Crippen molar-refractivity contribution in [2.75, 3.05) is 6.79 Å². The smallest absolute Gasteiger partial charge is 0.231 e. The van der Waals surface area contributed by atoms with Gasteiger partial charge in [-0.2, -0.15) is 0 Å². The van der Waals surface area contributed by atoms with Crippen LogP contribution in [-0.4, -0.2) is 17.7 Å². The van der Waals surface area contributed by atoms with E-state index in [0.29, 0.717) is 22.6 Å². The summed E-state index contributed by atoms with van der Waals surface area (Å²) >= 11 is 0. The van der Waals surface area contributed by atoms with E-state index >= 15 is 0 Å². The topological polar surface area (TPSA) is 55.8 Å². The van der Waals surface area contributed by atoms with Gasteiger partial charge in [0.2, 0.25) is 6.79 Å². The lowest BCUT2D eigenvalue weighted by molar-refractivity contribution is 0.0879. The molecule has 1 aliphatic heterocycles. The standard InChI is InChI=1S/C16H14O4/c17-13(11-4-2-1-3-5-11)9-14(18)12-6-7-15-16(8-12)20-10-19-15/h1-8,14,18H,9-10H2. The molecule has 20 heavy (non-hydrogen) atoms. The Kier molecular flexibility index (Phi) is 3.39. The van der Waals surface area contributed by atoms with Gasteiger partial charge >= 0.3 is 0 Å². The van der Waals surface area contributed by atoms with E-state index in [-0.39, 0.29) is 19.0 Å². The molecule has 0 radical (unpaired) electrons. The fourth-order valence-electron chi connectivity index (χ4n) is 2.16. The third kappa shape index (κ3) is 2.51. The molecular formula is C16H14O4. The van der Waals surface area contributed by atoms with E-state index in [1.165, 1.54) is 0 Å². The second-order valence-electron chi connectivity index (χ2n) is 4.62. The Hall–Kier alpha value is -2.33. The monoisotopic (exact) mass is 270 g/mol. The largest absolute Gasteiger partial charge is 0.454 e. The van der Waals surface area contributed by atoms with Crippen molar-refractivity contribution in [2.24, 2.45) is 0 Å². The SMILES string of the molecule is O=C(CC(O)c1ccc2c(c1)OCO2)c1ccccc1. The summed E-state index contributed by atoms with van der Waals surface area (Å²) in [5, 5.41) is 10.2. The average molecular weight is 270 g/mol. The fourth-order valence-corrected chi connectivity index (χ4v) is 2.16. The molecule has 0 bridgehead atoms. The number of Topliss-reactive ketones (excluding diaryl/α,β-unsaturated/α-hetero) is 1. The summed E-state index contributed by atoms with van der Waals surface area (Å²) in [4.78, 5) is 12.0. The lowest BCUT2D eigenvalue weighted by Crippen LogP contribution is -2.07. The molecule has 2 aromatic rings. The maximum absolute atomic E-state index is 12.0. The van der Waals surface area contributed by atoms with Crippen LogP contribution in [0.1, 0.15) is 28.4 Å². The number of aliphatic hydroxyl groups is 1. The molecule has 0 fully saturated rings. The van der Waals surface area contributed by atoms with Crippen LogP contribution in [0.4, 0.5) is 0 Å². The molecule has 0 saturated carbocycles. The van der Waals surface area contributed by atoms with Gasteiger partial charge in [-0.3, -0.25) is 4.79 Å². The number of aliphatic hydroxyl groups excluding tert-OH is 1. The van der Waals surface area contributed by atoms with Crippen LogP contribution in [0.5, 0.6) is 11.5 Å². The molecule has 1 N–H and O–H groups in total. The molecule has 0 spiro atoms. The predicted molar refractivity (Wildman–Crippen MR) is 72.9 cm³/mol. The van der Waals surface area contributed by atoms with Crippen molar-refractivity contribution >= 4 is 5.78 Å². The third-order valence-corrected chi connectivity index (χ3v) is 3.26. The number of benzene rings is 2. The molecule has 0 saturated heterocycles. The quantitative estimate of drug-likeness (QED) is 0.868. The number of carbonyl (C=O) groups is 1. The molecule has 0 aliphatic carbocycles. The van der Waals surface area contributed by atoms with Crippen molar-refractivity contribution in [3.63, 3.8) is 0 Å². The van der Waals surface area contributed by atoms with Gasteiger partial charge in [0.15, 0.2) is 17.3 Å². The first-order valence-electron chi connectivity index (χ1n) is 6.40. The number of ketones is 1. The molecular weight excluding hydrogens is 256 g/mol. The van der Waals surface area contributed by atoms with Gasteiger partial charge < -0.3 is 14.6 Å². The lowest BCUT2D eigenvalue weighted by atomic mass is 10.00. The molecule has 2 aromatic carbocycles. The Morgan fingerprint density at radius 3 is 2.65 bits per heavy atom. The summed E-state index contributed by atoms with van der Waals surface area (Å²) in [6.07, 6.45) is -0.805. The number of hydrogen-bond acceptors (Lipinski definition) is 4. The van der Waals surface area contributed by atoms with E-state index in [1.807, 2.05) is 6.07 Å². The summed E-state index contributed by atoms with van der Waals surface area (Å²) in [5.74, 6) is 1.18. The summed E-state index contributed by atoms with van der Waals surface area (Å²) in [7, 11) is 0. The van der Waals surface area contributed by atoms with E-state index in [0.717, 1.165) is 0 Å². The Morgan fingerprint density at radius 2 is 1.85 bits per heavy atom. The highest BCUT2D eigenvalue weighted by atomic mass is 16.7. The van der Waals surface area contributed by atoms with E-state index < -0.39 is 6.10 Å². The second kappa shape index (κ2) is 5.35. The summed E-state index contributed by atoms with van der Waals surface area (Å²) in [5.41, 5.74) is 1.26. The first kappa shape index (κ1) is 12.7. The number of fused-ring (bicyclic) bond motifs is 1. The zero-order valence-corrected chi connectivity index (χ0v) is 10.8. The van der Waals surface area contributed by atoms with Crippen molar-refractivity contribution in [3.05, 3.63) is 59.7 Å². The van der Waals surface area contributed by atoms with Gasteiger partial charge in [-0.05, 0) is 17.7 Å². The minimum absolute atomic E-state index is 0.0453. The molecule has 4 nitrogen and oxygen atoms in total. The van der Waals surface area contributed by atoms with Gasteiger partial charge in [-0.15, -0.1) is 0 Å². The molecule has 1 unspecified atom stereocenters. The minimum Gasteiger partial charge on any atom is -0.454 e. The van der Waals surface area contributed by atoms with Crippen molar-refractivity contribution in [2.45, 2.75) is 12.5 Å². The van der Waals surface area contributed by atoms with Crippen molar-refractivity contribution in [1.29, 1.82) is 0 Å². The van der Waals surface area contributed by atoms with Crippen LogP contribution >= 0.6 is 0 Å². The molecule has 3 rings (SSSR count). The van der Waals surface area contributed by atoms with Crippen molar-refractivity contribution < 1.29 is 19.4 Å². The van der Waals surface area contributed by atoms with E-state index in [4.69, 9.17) is 9.47 Å². The highest BCUT2D eigenvalue weighted by molar-refractivity contribution is 5.96. The van der Waals surface area contributed by atoms with E-state index in [9.17, 15) is 9.90 Å². The maximum Gasteiger partial charge on any atom is 0.231 e. The van der Waals surface area contributed by atoms with Gasteiger partial charge in [0.25, 0.3) is 0 Å². The highest BCUT2D eigenvalue weighted by Crippen LogP contribution is 2.34. The lowest BCUT2D eigenvalue weighted by Gasteiger charge is -2.11. The number of hydrogen-bond donors (Lipinski definition) is 1. The third-order valence-electron chi connectivity index (χ3n) is 3.26. The van der Waals surface area contributed by atoms with Crippen LogP contribution in [0, 0.1) is 0 Å². The van der Waals surface area contributed by atoms with Crippen LogP contribution < -0.4 is 9.47 Å².